The molecule has 2 aliphatic rings. The smallest absolute Gasteiger partial charge is 0.418 e. The molecular formula is C6H12BF4NO2. The average Bonchev–Trinajstić information content (AvgIpc) is 2.78. The summed E-state index contributed by atoms with van der Waals surface area (Å²) in [4.78, 5) is 9.61. The molecule has 2 rings (SSSR count). The van der Waals surface area contributed by atoms with Crippen LogP contribution in [0.1, 0.15) is 27.1 Å². The van der Waals surface area contributed by atoms with E-state index in [1.54, 1.807) is 0 Å². The highest BCUT2D eigenvalue weighted by Crippen LogP contribution is 2.33. The van der Waals surface area contributed by atoms with Gasteiger partial charge in [0.1, 0.15) is 0 Å². The van der Waals surface area contributed by atoms with Gasteiger partial charge in [0.25, 0.3) is 5.91 Å². The average molecular weight is 217 g/mol. The molecular weight excluding hydrogens is 205 g/mol. The highest BCUT2D eigenvalue weighted by Gasteiger charge is 2.48. The molecule has 0 unspecified atom stereocenters. The Bertz CT molecular complexity index is 174. The first-order valence-electron chi connectivity index (χ1n) is 4.40. The summed E-state index contributed by atoms with van der Waals surface area (Å²) in [5.74, 6) is -0.337. The molecule has 0 aromatic heterocycles. The Labute approximate surface area is 80.3 Å². The van der Waals surface area contributed by atoms with Crippen LogP contribution in [0.25, 0.3) is 0 Å². The summed E-state index contributed by atoms with van der Waals surface area (Å²) in [5.41, 5.74) is 0. The first kappa shape index (κ1) is 11.7. The van der Waals surface area contributed by atoms with Crippen LogP contribution in [0.5, 0.6) is 0 Å². The van der Waals surface area contributed by atoms with E-state index >= 15 is 0 Å². The lowest BCUT2D eigenvalue weighted by molar-refractivity contribution is 0.0850. The first-order chi connectivity index (χ1) is 6.41. The van der Waals surface area contributed by atoms with Crippen molar-refractivity contribution in [2.75, 3.05) is 6.54 Å². The lowest BCUT2D eigenvalue weighted by Gasteiger charge is -2.01. The highest BCUT2D eigenvalue weighted by atomic mass is 19.5. The summed E-state index contributed by atoms with van der Waals surface area (Å²) in [6.07, 6.45) is 4.76. The van der Waals surface area contributed by atoms with Crippen LogP contribution in [0.3, 0.4) is 0 Å². The molecule has 84 valence electrons. The molecule has 0 bridgehead atoms. The van der Waals surface area contributed by atoms with E-state index in [2.05, 4.69) is 5.32 Å². The molecule has 0 amide bonds. The minimum Gasteiger partial charge on any atom is -0.418 e. The van der Waals surface area contributed by atoms with Crippen LogP contribution < -0.4 is 5.32 Å². The molecule has 0 aliphatic carbocycles. The van der Waals surface area contributed by atoms with Crippen molar-refractivity contribution >= 4 is 7.25 Å². The van der Waals surface area contributed by atoms with Gasteiger partial charge in [-0.25, -0.2) is 0 Å². The van der Waals surface area contributed by atoms with Gasteiger partial charge in [-0.15, -0.1) is 0 Å². The largest absolute Gasteiger partial charge is 1.00 e. The fraction of sp³-hybridized carbons (Fsp3) is 1.00. The molecule has 2 saturated heterocycles. The fourth-order valence-corrected chi connectivity index (χ4v) is 1.22. The van der Waals surface area contributed by atoms with E-state index in [1.807, 2.05) is 0 Å². The predicted octanol–water partition coefficient (Wildman–Crippen LogP) is 2.18. The molecule has 0 saturated carbocycles. The third-order valence-electron chi connectivity index (χ3n) is 1.86. The van der Waals surface area contributed by atoms with Gasteiger partial charge in [0, 0.05) is 13.0 Å². The first-order valence-corrected chi connectivity index (χ1v) is 4.40. The van der Waals surface area contributed by atoms with Gasteiger partial charge in [-0.05, 0) is 12.8 Å². The van der Waals surface area contributed by atoms with E-state index < -0.39 is 7.25 Å². The zero-order valence-corrected chi connectivity index (χ0v) is 7.44. The lowest BCUT2D eigenvalue weighted by atomic mass is 10.2. The van der Waals surface area contributed by atoms with Crippen LogP contribution in [0.15, 0.2) is 0 Å². The van der Waals surface area contributed by atoms with Crippen molar-refractivity contribution in [3.63, 3.8) is 0 Å². The van der Waals surface area contributed by atoms with E-state index in [-0.39, 0.29) is 7.34 Å². The normalized spacial score (nSPS) is 24.9. The van der Waals surface area contributed by atoms with Crippen molar-refractivity contribution in [1.29, 1.82) is 0 Å². The Kier molecular flexibility index (Phi) is 3.74. The number of nitrogens with one attached hydrogen (secondary N) is 1. The molecule has 8 heteroatoms. The summed E-state index contributed by atoms with van der Waals surface area (Å²) < 4.78 is 39.0. The van der Waals surface area contributed by atoms with Gasteiger partial charge in [0.15, 0.2) is 0 Å². The Morgan fingerprint density at radius 1 is 1.07 bits per heavy atom. The standard InChI is InChI=1S/C6H11NO2.BF4/c1-2-4-6(8-9-6)7-5-3-1;2-1(3,4)5/h7H,1-5H2;/q;-1/p+1. The van der Waals surface area contributed by atoms with Gasteiger partial charge in [0.2, 0.25) is 0 Å². The highest BCUT2D eigenvalue weighted by molar-refractivity contribution is 6.50. The summed E-state index contributed by atoms with van der Waals surface area (Å²) in [6, 6.07) is 0. The van der Waals surface area contributed by atoms with Crippen LogP contribution in [0.2, 0.25) is 0 Å². The van der Waals surface area contributed by atoms with Crippen molar-refractivity contribution in [3.8, 4) is 0 Å². The number of rotatable bonds is 0. The van der Waals surface area contributed by atoms with Crippen LogP contribution in [-0.2, 0) is 9.78 Å². The van der Waals surface area contributed by atoms with Gasteiger partial charge >= 0.3 is 8.68 Å². The summed E-state index contributed by atoms with van der Waals surface area (Å²) in [7, 11) is -6.00. The zero-order valence-electron chi connectivity index (χ0n) is 8.44. The summed E-state index contributed by atoms with van der Waals surface area (Å²) in [6.45, 7) is 1.03. The Morgan fingerprint density at radius 2 is 1.64 bits per heavy atom. The topological polar surface area (TPSA) is 37.1 Å². The molecule has 1 spiro atoms. The van der Waals surface area contributed by atoms with Gasteiger partial charge in [-0.2, -0.15) is 9.78 Å². The molecule has 3 nitrogen and oxygen atoms in total. The predicted molar refractivity (Wildman–Crippen MR) is 42.7 cm³/mol. The zero-order chi connectivity index (χ0) is 10.7. The molecule has 14 heavy (non-hydrogen) atoms. The van der Waals surface area contributed by atoms with Crippen LogP contribution >= 0.6 is 0 Å². The van der Waals surface area contributed by atoms with Crippen molar-refractivity contribution < 1.29 is 28.5 Å². The Balaban J connectivity index is 0.000000289. The Morgan fingerprint density at radius 3 is 2.14 bits per heavy atom. The third kappa shape index (κ3) is 5.41. The SMILES string of the molecule is C1CCNC2(CC1)OO2.F[B-](F)(F)F.[H+]. The van der Waals surface area contributed by atoms with Gasteiger partial charge in [-0.3, -0.25) is 5.32 Å². The van der Waals surface area contributed by atoms with Crippen molar-refractivity contribution in [1.82, 2.24) is 5.32 Å². The van der Waals surface area contributed by atoms with Crippen molar-refractivity contribution in [3.05, 3.63) is 0 Å². The van der Waals surface area contributed by atoms with Crippen LogP contribution in [-0.4, -0.2) is 19.7 Å². The molecule has 0 aromatic carbocycles. The second kappa shape index (κ2) is 4.46. The molecule has 0 radical (unpaired) electrons. The maximum absolute atomic E-state index is 9.75. The van der Waals surface area contributed by atoms with E-state index in [0.717, 1.165) is 13.0 Å². The molecule has 2 fully saturated rings. The number of halogens is 4. The monoisotopic (exact) mass is 217 g/mol. The molecule has 0 aromatic rings. The maximum atomic E-state index is 9.75. The Hall–Kier alpha value is -0.335. The van der Waals surface area contributed by atoms with Crippen LogP contribution in [0.4, 0.5) is 17.3 Å². The van der Waals surface area contributed by atoms with E-state index in [0.29, 0.717) is 0 Å². The summed E-state index contributed by atoms with van der Waals surface area (Å²) in [5, 5.41) is 3.19. The number of hydrogen-bond acceptors (Lipinski definition) is 3. The van der Waals surface area contributed by atoms with Crippen molar-refractivity contribution in [2.45, 2.75) is 31.6 Å². The lowest BCUT2D eigenvalue weighted by Crippen LogP contribution is -2.31. The van der Waals surface area contributed by atoms with Crippen molar-refractivity contribution in [2.24, 2.45) is 0 Å². The van der Waals surface area contributed by atoms with E-state index in [4.69, 9.17) is 9.78 Å². The van der Waals surface area contributed by atoms with E-state index in [9.17, 15) is 17.3 Å². The minimum atomic E-state index is -6.00. The third-order valence-corrected chi connectivity index (χ3v) is 1.86. The van der Waals surface area contributed by atoms with E-state index in [1.165, 1.54) is 19.3 Å². The number of hydrogen-bond donors (Lipinski definition) is 1. The van der Waals surface area contributed by atoms with Gasteiger partial charge in [-0.1, -0.05) is 6.42 Å². The van der Waals surface area contributed by atoms with Gasteiger partial charge < -0.3 is 17.3 Å². The minimum absolute atomic E-state index is 0. The molecule has 1 N–H and O–H groups in total. The fourth-order valence-electron chi connectivity index (χ4n) is 1.22. The summed E-state index contributed by atoms with van der Waals surface area (Å²) >= 11 is 0. The quantitative estimate of drug-likeness (QED) is 0.292. The second-order valence-corrected chi connectivity index (χ2v) is 3.15. The molecule has 2 heterocycles. The second-order valence-electron chi connectivity index (χ2n) is 3.15. The molecule has 2 aliphatic heterocycles. The van der Waals surface area contributed by atoms with Gasteiger partial charge in [0.05, 0.1) is 0 Å². The van der Waals surface area contributed by atoms with Crippen LogP contribution in [0, 0.1) is 0 Å². The maximum Gasteiger partial charge on any atom is 1.00 e. The molecule has 0 atom stereocenters.